The number of rotatable bonds is 6. The number of ether oxygens (including phenoxy) is 1. The molecule has 0 spiro atoms. The lowest BCUT2D eigenvalue weighted by atomic mass is 9.93. The predicted octanol–water partition coefficient (Wildman–Crippen LogP) is 3.90. The summed E-state index contributed by atoms with van der Waals surface area (Å²) >= 11 is 0. The number of amidine groups is 1. The van der Waals surface area contributed by atoms with Crippen molar-refractivity contribution in [3.63, 3.8) is 0 Å². The lowest BCUT2D eigenvalue weighted by Gasteiger charge is -2.35. The van der Waals surface area contributed by atoms with Gasteiger partial charge in [0.1, 0.15) is 5.84 Å². The van der Waals surface area contributed by atoms with Crippen molar-refractivity contribution in [2.45, 2.75) is 65.5 Å². The largest absolute Gasteiger partial charge is 0.383 e. The summed E-state index contributed by atoms with van der Waals surface area (Å²) in [5.41, 5.74) is 0.0608. The zero-order valence-electron chi connectivity index (χ0n) is 14.0. The lowest BCUT2D eigenvalue weighted by molar-refractivity contribution is 0.141. The number of nitrogens with zero attached hydrogens (tertiary/aromatic N) is 2. The molecular weight excluding hydrogens is 248 g/mol. The fourth-order valence-electron chi connectivity index (χ4n) is 2.87. The van der Waals surface area contributed by atoms with E-state index in [0.717, 1.165) is 26.0 Å². The molecule has 0 aromatic rings. The summed E-state index contributed by atoms with van der Waals surface area (Å²) in [7, 11) is 1.79. The molecule has 0 aliphatic carbocycles. The van der Waals surface area contributed by atoms with Crippen molar-refractivity contribution in [3.8, 4) is 0 Å². The monoisotopic (exact) mass is 280 g/mol. The second kappa shape index (κ2) is 7.82. The minimum Gasteiger partial charge on any atom is -0.383 e. The van der Waals surface area contributed by atoms with Crippen molar-refractivity contribution in [3.05, 3.63) is 12.7 Å². The summed E-state index contributed by atoms with van der Waals surface area (Å²) in [4.78, 5) is 7.51. The van der Waals surface area contributed by atoms with Crippen molar-refractivity contribution in [1.82, 2.24) is 4.90 Å². The Morgan fingerprint density at radius 1 is 1.50 bits per heavy atom. The van der Waals surface area contributed by atoms with Gasteiger partial charge in [0.15, 0.2) is 0 Å². The molecular formula is C17H32N2O. The van der Waals surface area contributed by atoms with Crippen LogP contribution in [0.2, 0.25) is 0 Å². The molecule has 0 aromatic carbocycles. The first-order chi connectivity index (χ1) is 9.43. The zero-order chi connectivity index (χ0) is 15.2. The maximum atomic E-state index is 5.38. The topological polar surface area (TPSA) is 24.8 Å². The van der Waals surface area contributed by atoms with Gasteiger partial charge >= 0.3 is 0 Å². The van der Waals surface area contributed by atoms with E-state index >= 15 is 0 Å². The van der Waals surface area contributed by atoms with Crippen molar-refractivity contribution < 1.29 is 4.74 Å². The van der Waals surface area contributed by atoms with Gasteiger partial charge in [0.25, 0.3) is 0 Å². The van der Waals surface area contributed by atoms with Crippen LogP contribution in [-0.2, 0) is 4.74 Å². The van der Waals surface area contributed by atoms with E-state index in [2.05, 4.69) is 39.2 Å². The highest BCUT2D eigenvalue weighted by Gasteiger charge is 2.33. The summed E-state index contributed by atoms with van der Waals surface area (Å²) in [6.07, 6.45) is 6.63. The molecule has 1 fully saturated rings. The summed E-state index contributed by atoms with van der Waals surface area (Å²) in [6.45, 7) is 14.8. The van der Waals surface area contributed by atoms with E-state index in [1.54, 1.807) is 7.11 Å². The van der Waals surface area contributed by atoms with E-state index in [1.165, 1.54) is 18.7 Å². The smallest absolute Gasteiger partial charge is 0.105 e. The molecule has 1 aliphatic heterocycles. The molecule has 0 radical (unpaired) electrons. The van der Waals surface area contributed by atoms with Gasteiger partial charge < -0.3 is 9.64 Å². The van der Waals surface area contributed by atoms with Crippen LogP contribution >= 0.6 is 0 Å². The minimum absolute atomic E-state index is 0.0608. The van der Waals surface area contributed by atoms with Crippen LogP contribution in [0.4, 0.5) is 0 Å². The Hall–Kier alpha value is -0.830. The summed E-state index contributed by atoms with van der Waals surface area (Å²) in [6, 6.07) is 0.711. The third-order valence-electron chi connectivity index (χ3n) is 3.82. The van der Waals surface area contributed by atoms with Crippen LogP contribution < -0.4 is 0 Å². The molecule has 116 valence electrons. The van der Waals surface area contributed by atoms with Crippen LogP contribution in [0.25, 0.3) is 0 Å². The van der Waals surface area contributed by atoms with Gasteiger partial charge in [-0.1, -0.05) is 40.2 Å². The van der Waals surface area contributed by atoms with Gasteiger partial charge in [-0.3, -0.25) is 4.99 Å². The molecule has 0 unspecified atom stereocenters. The zero-order valence-corrected chi connectivity index (χ0v) is 14.0. The van der Waals surface area contributed by atoms with Gasteiger partial charge in [-0.25, -0.2) is 0 Å². The van der Waals surface area contributed by atoms with Crippen molar-refractivity contribution in [2.75, 3.05) is 20.3 Å². The molecule has 0 amide bonds. The van der Waals surface area contributed by atoms with E-state index in [-0.39, 0.29) is 11.5 Å². The Bertz CT molecular complexity index is 330. The molecule has 3 nitrogen and oxygen atoms in total. The molecule has 3 heteroatoms. The van der Waals surface area contributed by atoms with E-state index in [0.29, 0.717) is 6.04 Å². The predicted molar refractivity (Wildman–Crippen MR) is 87.4 cm³/mol. The number of likely N-dealkylation sites (tertiary alicyclic amines) is 1. The van der Waals surface area contributed by atoms with Crippen LogP contribution in [0.1, 0.15) is 53.4 Å². The quantitative estimate of drug-likeness (QED) is 0.419. The average Bonchev–Trinajstić information content (AvgIpc) is 2.81. The first-order valence-electron chi connectivity index (χ1n) is 7.90. The Morgan fingerprint density at radius 2 is 2.20 bits per heavy atom. The van der Waals surface area contributed by atoms with Crippen LogP contribution in [0.3, 0.4) is 0 Å². The van der Waals surface area contributed by atoms with Gasteiger partial charge in [0, 0.05) is 19.1 Å². The Labute approximate surface area is 125 Å². The maximum Gasteiger partial charge on any atom is 0.105 e. The van der Waals surface area contributed by atoms with Crippen molar-refractivity contribution >= 4 is 5.84 Å². The minimum atomic E-state index is 0.0608. The Morgan fingerprint density at radius 3 is 2.70 bits per heavy atom. The van der Waals surface area contributed by atoms with Crippen molar-refractivity contribution in [2.24, 2.45) is 10.4 Å². The summed E-state index contributed by atoms with van der Waals surface area (Å²) in [5, 5.41) is 0. The van der Waals surface area contributed by atoms with Crippen LogP contribution in [0.15, 0.2) is 17.6 Å². The van der Waals surface area contributed by atoms with Gasteiger partial charge in [0.05, 0.1) is 18.7 Å². The normalized spacial score (nSPS) is 22.1. The first-order valence-corrected chi connectivity index (χ1v) is 7.90. The second-order valence-electron chi connectivity index (χ2n) is 6.74. The lowest BCUT2D eigenvalue weighted by Crippen LogP contribution is -2.45. The maximum absolute atomic E-state index is 5.38. The van der Waals surface area contributed by atoms with E-state index < -0.39 is 0 Å². The highest BCUT2D eigenvalue weighted by Crippen LogP contribution is 2.27. The molecule has 0 saturated carbocycles. The second-order valence-corrected chi connectivity index (χ2v) is 6.74. The first kappa shape index (κ1) is 17.2. The highest BCUT2D eigenvalue weighted by molar-refractivity contribution is 5.88. The third kappa shape index (κ3) is 4.62. The number of aliphatic imine (C=N–C) groups is 1. The van der Waals surface area contributed by atoms with E-state index in [1.807, 2.05) is 6.08 Å². The fourth-order valence-corrected chi connectivity index (χ4v) is 2.87. The molecule has 1 saturated heterocycles. The van der Waals surface area contributed by atoms with Crippen LogP contribution in [0.5, 0.6) is 0 Å². The molecule has 0 bridgehead atoms. The van der Waals surface area contributed by atoms with Gasteiger partial charge in [0.2, 0.25) is 0 Å². The standard InChI is InChI=1S/C17H32N2O/c1-7-10-14(8-2)18-16(17(3,4)5)19-12-9-11-15(19)13-20-6/h8,14-15H,2,7,9-13H2,1,3-6H3/t14-,15-/m0/s1. The molecule has 20 heavy (non-hydrogen) atoms. The molecule has 0 N–H and O–H groups in total. The van der Waals surface area contributed by atoms with Crippen molar-refractivity contribution in [1.29, 1.82) is 0 Å². The number of hydrogen-bond donors (Lipinski definition) is 0. The SMILES string of the molecule is C=C[C@@H](CCC)N=C(N1CCC[C@H]1COC)C(C)(C)C. The van der Waals surface area contributed by atoms with Crippen LogP contribution in [-0.4, -0.2) is 43.1 Å². The summed E-state index contributed by atoms with van der Waals surface area (Å²) in [5.74, 6) is 1.22. The molecule has 1 aliphatic rings. The van der Waals surface area contributed by atoms with Gasteiger partial charge in [-0.05, 0) is 19.3 Å². The fraction of sp³-hybridized carbons (Fsp3) is 0.824. The summed E-state index contributed by atoms with van der Waals surface area (Å²) < 4.78 is 5.38. The molecule has 0 aromatic heterocycles. The van der Waals surface area contributed by atoms with E-state index in [4.69, 9.17) is 9.73 Å². The average molecular weight is 280 g/mol. The van der Waals surface area contributed by atoms with Crippen LogP contribution in [0, 0.1) is 5.41 Å². The van der Waals surface area contributed by atoms with Gasteiger partial charge in [-0.15, -0.1) is 6.58 Å². The highest BCUT2D eigenvalue weighted by atomic mass is 16.5. The number of methoxy groups -OCH3 is 1. The van der Waals surface area contributed by atoms with E-state index in [9.17, 15) is 0 Å². The third-order valence-corrected chi connectivity index (χ3v) is 3.82. The molecule has 2 atom stereocenters. The number of hydrogen-bond acceptors (Lipinski definition) is 2. The Balaban J connectivity index is 2.99. The van der Waals surface area contributed by atoms with Gasteiger partial charge in [-0.2, -0.15) is 0 Å². The Kier molecular flexibility index (Phi) is 6.74. The molecule has 1 heterocycles. The molecule has 1 rings (SSSR count).